The van der Waals surface area contributed by atoms with E-state index in [4.69, 9.17) is 0 Å². The fraction of sp³-hybridized carbons (Fsp3) is 0.167. The maximum atomic E-state index is 4.43. The molecule has 3 heteroatoms. The number of nitrogens with zero attached hydrogens (tertiary/aromatic N) is 2. The number of pyridine rings is 1. The lowest BCUT2D eigenvalue weighted by Gasteiger charge is -1.92. The highest BCUT2D eigenvalue weighted by molar-refractivity contribution is 5.95. The molecular weight excluding hydrogens is 186 g/mol. The Morgan fingerprint density at radius 2 is 2.33 bits per heavy atom. The molecule has 1 unspecified atom stereocenters. The molecule has 0 fully saturated rings. The first-order valence-corrected chi connectivity index (χ1v) is 5.02. The van der Waals surface area contributed by atoms with Gasteiger partial charge in [-0.3, -0.25) is 4.98 Å². The van der Waals surface area contributed by atoms with Gasteiger partial charge in [0, 0.05) is 29.3 Å². The minimum absolute atomic E-state index is 0.391. The van der Waals surface area contributed by atoms with Crippen molar-refractivity contribution < 1.29 is 0 Å². The number of fused-ring (bicyclic) bond motifs is 3. The molecule has 0 amide bonds. The van der Waals surface area contributed by atoms with E-state index in [-0.39, 0.29) is 0 Å². The standard InChI is InChI=1S/C12H11N3/c1-8-2-3-10-9-4-5-13-7-11(9)15-12(10)14-6-8/h2-8,15H,1H3. The lowest BCUT2D eigenvalue weighted by Crippen LogP contribution is -1.86. The zero-order valence-corrected chi connectivity index (χ0v) is 8.44. The van der Waals surface area contributed by atoms with Crippen molar-refractivity contribution in [1.29, 1.82) is 0 Å². The van der Waals surface area contributed by atoms with Gasteiger partial charge >= 0.3 is 0 Å². The molecule has 2 aromatic rings. The maximum Gasteiger partial charge on any atom is 0.137 e. The van der Waals surface area contributed by atoms with Crippen LogP contribution >= 0.6 is 0 Å². The Hall–Kier alpha value is -1.90. The average molecular weight is 197 g/mol. The number of aliphatic imine (C=N–C) groups is 1. The van der Waals surface area contributed by atoms with Crippen molar-refractivity contribution in [3.8, 4) is 0 Å². The van der Waals surface area contributed by atoms with Crippen LogP contribution in [0.4, 0.5) is 5.82 Å². The van der Waals surface area contributed by atoms with Crippen LogP contribution in [0.2, 0.25) is 0 Å². The van der Waals surface area contributed by atoms with Gasteiger partial charge in [0.2, 0.25) is 0 Å². The predicted molar refractivity (Wildman–Crippen MR) is 62.4 cm³/mol. The molecule has 0 aliphatic carbocycles. The van der Waals surface area contributed by atoms with E-state index < -0.39 is 0 Å². The van der Waals surface area contributed by atoms with Crippen LogP contribution in [0, 0.1) is 5.92 Å². The number of aromatic amines is 1. The Morgan fingerprint density at radius 1 is 1.40 bits per heavy atom. The molecule has 1 atom stereocenters. The van der Waals surface area contributed by atoms with Gasteiger partial charge in [-0.25, -0.2) is 4.99 Å². The third-order valence-electron chi connectivity index (χ3n) is 2.62. The zero-order valence-electron chi connectivity index (χ0n) is 8.44. The Labute approximate surface area is 87.6 Å². The van der Waals surface area contributed by atoms with Gasteiger partial charge in [0.1, 0.15) is 5.82 Å². The van der Waals surface area contributed by atoms with Crippen molar-refractivity contribution in [3.63, 3.8) is 0 Å². The summed E-state index contributed by atoms with van der Waals surface area (Å²) in [6.45, 7) is 2.12. The van der Waals surface area contributed by atoms with Gasteiger partial charge in [0.25, 0.3) is 0 Å². The minimum Gasteiger partial charge on any atom is -0.338 e. The maximum absolute atomic E-state index is 4.43. The normalized spacial score (nSPS) is 19.1. The molecule has 2 aromatic heterocycles. The fourth-order valence-corrected chi connectivity index (χ4v) is 1.81. The van der Waals surface area contributed by atoms with E-state index in [2.05, 4.69) is 34.0 Å². The van der Waals surface area contributed by atoms with Gasteiger partial charge in [0.15, 0.2) is 0 Å². The van der Waals surface area contributed by atoms with Gasteiger partial charge in [-0.15, -0.1) is 0 Å². The summed E-state index contributed by atoms with van der Waals surface area (Å²) in [7, 11) is 0. The quantitative estimate of drug-likeness (QED) is 0.693. The summed E-state index contributed by atoms with van der Waals surface area (Å²) in [6.07, 6.45) is 9.87. The number of hydrogen-bond acceptors (Lipinski definition) is 2. The van der Waals surface area contributed by atoms with Gasteiger partial charge in [0.05, 0.1) is 11.7 Å². The third kappa shape index (κ3) is 1.28. The van der Waals surface area contributed by atoms with Gasteiger partial charge in [-0.1, -0.05) is 19.1 Å². The average Bonchev–Trinajstić information content (AvgIpc) is 2.51. The van der Waals surface area contributed by atoms with E-state index in [1.807, 2.05) is 24.7 Å². The first-order chi connectivity index (χ1) is 7.34. The highest BCUT2D eigenvalue weighted by Crippen LogP contribution is 2.30. The Balaban J connectivity index is 2.33. The van der Waals surface area contributed by atoms with Crippen LogP contribution < -0.4 is 0 Å². The van der Waals surface area contributed by atoms with Crippen molar-refractivity contribution in [2.24, 2.45) is 10.9 Å². The second kappa shape index (κ2) is 3.05. The SMILES string of the molecule is CC1C=Cc2c([nH]c3cnccc23)N=C1. The second-order valence-electron chi connectivity index (χ2n) is 3.80. The van der Waals surface area contributed by atoms with Crippen LogP contribution in [0.1, 0.15) is 12.5 Å². The molecule has 3 rings (SSSR count). The first-order valence-electron chi connectivity index (χ1n) is 5.02. The summed E-state index contributed by atoms with van der Waals surface area (Å²) >= 11 is 0. The lowest BCUT2D eigenvalue weighted by atomic mass is 10.1. The van der Waals surface area contributed by atoms with Gasteiger partial charge in [-0.2, -0.15) is 0 Å². The molecule has 1 N–H and O–H groups in total. The topological polar surface area (TPSA) is 41.0 Å². The van der Waals surface area contributed by atoms with E-state index in [1.54, 1.807) is 0 Å². The van der Waals surface area contributed by atoms with Crippen LogP contribution in [0.3, 0.4) is 0 Å². The smallest absolute Gasteiger partial charge is 0.137 e. The van der Waals surface area contributed by atoms with E-state index >= 15 is 0 Å². The predicted octanol–water partition coefficient (Wildman–Crippen LogP) is 2.93. The summed E-state index contributed by atoms with van der Waals surface area (Å²) < 4.78 is 0. The number of H-pyrrole nitrogens is 1. The van der Waals surface area contributed by atoms with Crippen LogP contribution in [-0.2, 0) is 0 Å². The molecule has 3 nitrogen and oxygen atoms in total. The molecule has 0 saturated carbocycles. The van der Waals surface area contributed by atoms with Gasteiger partial charge < -0.3 is 4.98 Å². The van der Waals surface area contributed by atoms with Crippen LogP contribution in [0.25, 0.3) is 17.0 Å². The van der Waals surface area contributed by atoms with Crippen molar-refractivity contribution in [2.75, 3.05) is 0 Å². The number of aromatic nitrogens is 2. The molecule has 15 heavy (non-hydrogen) atoms. The third-order valence-corrected chi connectivity index (χ3v) is 2.62. The largest absolute Gasteiger partial charge is 0.338 e. The van der Waals surface area contributed by atoms with Crippen molar-refractivity contribution in [3.05, 3.63) is 30.1 Å². The summed E-state index contributed by atoms with van der Waals surface area (Å²) in [4.78, 5) is 11.8. The second-order valence-corrected chi connectivity index (χ2v) is 3.80. The molecule has 0 saturated heterocycles. The van der Waals surface area contributed by atoms with Crippen LogP contribution in [0.5, 0.6) is 0 Å². The van der Waals surface area contributed by atoms with Crippen molar-refractivity contribution >= 4 is 29.0 Å². The number of nitrogens with one attached hydrogen (secondary N) is 1. The first kappa shape index (κ1) is 8.41. The Bertz CT molecular complexity index is 563. The van der Waals surface area contributed by atoms with E-state index in [0.717, 1.165) is 16.9 Å². The summed E-state index contributed by atoms with van der Waals surface area (Å²) in [6, 6.07) is 2.01. The Morgan fingerprint density at radius 3 is 3.27 bits per heavy atom. The zero-order chi connectivity index (χ0) is 10.3. The van der Waals surface area contributed by atoms with Crippen LogP contribution in [0.15, 0.2) is 29.5 Å². The Kier molecular flexibility index (Phi) is 1.71. The van der Waals surface area contributed by atoms with Crippen LogP contribution in [-0.4, -0.2) is 16.2 Å². The molecule has 0 radical (unpaired) electrons. The van der Waals surface area contributed by atoms with Crippen molar-refractivity contribution in [2.45, 2.75) is 6.92 Å². The van der Waals surface area contributed by atoms with E-state index in [1.165, 1.54) is 5.39 Å². The molecule has 0 spiro atoms. The molecule has 1 aliphatic heterocycles. The molecule has 74 valence electrons. The molecule has 0 aromatic carbocycles. The lowest BCUT2D eigenvalue weighted by molar-refractivity contribution is 1.03. The monoisotopic (exact) mass is 197 g/mol. The highest BCUT2D eigenvalue weighted by Gasteiger charge is 2.10. The van der Waals surface area contributed by atoms with Gasteiger partial charge in [-0.05, 0) is 6.07 Å². The number of allylic oxidation sites excluding steroid dienone is 1. The summed E-state index contributed by atoms with van der Waals surface area (Å²) in [5.41, 5.74) is 2.20. The highest BCUT2D eigenvalue weighted by atomic mass is 14.9. The molecular formula is C12H11N3. The number of rotatable bonds is 0. The molecule has 0 bridgehead atoms. The van der Waals surface area contributed by atoms with E-state index in [9.17, 15) is 0 Å². The van der Waals surface area contributed by atoms with E-state index in [0.29, 0.717) is 5.92 Å². The minimum atomic E-state index is 0.391. The molecule has 1 aliphatic rings. The molecule has 3 heterocycles. The summed E-state index contributed by atoms with van der Waals surface area (Å²) in [5, 5.41) is 1.18. The number of hydrogen-bond donors (Lipinski definition) is 1. The van der Waals surface area contributed by atoms with Crippen molar-refractivity contribution in [1.82, 2.24) is 9.97 Å². The fourth-order valence-electron chi connectivity index (χ4n) is 1.81. The summed E-state index contributed by atoms with van der Waals surface area (Å²) in [5.74, 6) is 1.32.